The first-order valence-electron chi connectivity index (χ1n) is 7.82. The summed E-state index contributed by atoms with van der Waals surface area (Å²) in [5, 5.41) is 7.56. The third-order valence-electron chi connectivity index (χ3n) is 3.76. The third kappa shape index (κ3) is 4.93. The van der Waals surface area contributed by atoms with Crippen molar-refractivity contribution >= 4 is 28.8 Å². The van der Waals surface area contributed by atoms with Crippen LogP contribution < -0.4 is 10.6 Å². The molecule has 1 aromatic heterocycles. The number of benzene rings is 1. The molecule has 0 aliphatic rings. The van der Waals surface area contributed by atoms with Gasteiger partial charge < -0.3 is 10.6 Å². The van der Waals surface area contributed by atoms with Crippen molar-refractivity contribution in [2.45, 2.75) is 32.6 Å². The Morgan fingerprint density at radius 3 is 2.65 bits per heavy atom. The number of anilines is 1. The third-order valence-corrected chi connectivity index (χ3v) is 4.63. The Morgan fingerprint density at radius 1 is 1.17 bits per heavy atom. The molecule has 0 spiro atoms. The molecule has 4 nitrogen and oxygen atoms in total. The van der Waals surface area contributed by atoms with Gasteiger partial charge in [-0.15, -0.1) is 11.3 Å². The zero-order chi connectivity index (χ0) is 16.7. The van der Waals surface area contributed by atoms with Gasteiger partial charge in [0.25, 0.3) is 5.91 Å². The van der Waals surface area contributed by atoms with Gasteiger partial charge in [0.15, 0.2) is 0 Å². The van der Waals surface area contributed by atoms with Crippen LogP contribution in [0.15, 0.2) is 41.8 Å². The monoisotopic (exact) mass is 330 g/mol. The van der Waals surface area contributed by atoms with Gasteiger partial charge in [-0.3, -0.25) is 9.59 Å². The second kappa shape index (κ2) is 8.48. The van der Waals surface area contributed by atoms with E-state index in [2.05, 4.69) is 24.5 Å². The average Bonchev–Trinajstić information content (AvgIpc) is 3.09. The number of carbonyl (C=O) groups is 2. The first kappa shape index (κ1) is 17.2. The second-order valence-electron chi connectivity index (χ2n) is 5.43. The standard InChI is InChI=1S/C18H22N2O2S/c1-3-13(2)14-7-4-5-8-15(14)20-17(21)10-11-19-18(22)16-9-6-12-23-16/h4-9,12-13H,3,10-11H2,1-2H3,(H,19,22)(H,20,21)/t13-/m1/s1. The minimum absolute atomic E-state index is 0.0905. The van der Waals surface area contributed by atoms with Crippen molar-refractivity contribution in [3.8, 4) is 0 Å². The normalized spacial score (nSPS) is 11.7. The fraction of sp³-hybridized carbons (Fsp3) is 0.333. The van der Waals surface area contributed by atoms with Crippen molar-refractivity contribution in [3.05, 3.63) is 52.2 Å². The Morgan fingerprint density at radius 2 is 1.96 bits per heavy atom. The number of nitrogens with one attached hydrogen (secondary N) is 2. The van der Waals surface area contributed by atoms with Gasteiger partial charge in [0.05, 0.1) is 4.88 Å². The number of hydrogen-bond acceptors (Lipinski definition) is 3. The molecule has 2 aromatic rings. The first-order chi connectivity index (χ1) is 11.1. The van der Waals surface area contributed by atoms with Gasteiger partial charge >= 0.3 is 0 Å². The minimum Gasteiger partial charge on any atom is -0.351 e. The molecule has 1 aromatic carbocycles. The van der Waals surface area contributed by atoms with Crippen molar-refractivity contribution in [2.24, 2.45) is 0 Å². The molecule has 0 saturated carbocycles. The van der Waals surface area contributed by atoms with E-state index in [1.165, 1.54) is 11.3 Å². The molecule has 2 N–H and O–H groups in total. The van der Waals surface area contributed by atoms with Crippen LogP contribution >= 0.6 is 11.3 Å². The van der Waals surface area contributed by atoms with Crippen molar-refractivity contribution in [2.75, 3.05) is 11.9 Å². The lowest BCUT2D eigenvalue weighted by Gasteiger charge is -2.15. The summed E-state index contributed by atoms with van der Waals surface area (Å²) in [4.78, 5) is 24.5. The minimum atomic E-state index is -0.132. The quantitative estimate of drug-likeness (QED) is 0.805. The SMILES string of the molecule is CC[C@@H](C)c1ccccc1NC(=O)CCNC(=O)c1cccs1. The molecule has 0 fully saturated rings. The molecule has 2 rings (SSSR count). The van der Waals surface area contributed by atoms with E-state index >= 15 is 0 Å². The number of hydrogen-bond donors (Lipinski definition) is 2. The van der Waals surface area contributed by atoms with Crippen molar-refractivity contribution in [3.63, 3.8) is 0 Å². The lowest BCUT2D eigenvalue weighted by Crippen LogP contribution is -2.27. The predicted molar refractivity (Wildman–Crippen MR) is 95.0 cm³/mol. The van der Waals surface area contributed by atoms with Gasteiger partial charge in [-0.2, -0.15) is 0 Å². The summed E-state index contributed by atoms with van der Waals surface area (Å²) in [6, 6.07) is 11.5. The maximum atomic E-state index is 12.1. The van der Waals surface area contributed by atoms with E-state index in [1.54, 1.807) is 6.07 Å². The summed E-state index contributed by atoms with van der Waals surface area (Å²) in [5.41, 5.74) is 2.00. The van der Waals surface area contributed by atoms with Gasteiger partial charge in [-0.25, -0.2) is 0 Å². The topological polar surface area (TPSA) is 58.2 Å². The van der Waals surface area contributed by atoms with Crippen LogP contribution in [0, 0.1) is 0 Å². The summed E-state index contributed by atoms with van der Waals surface area (Å²) >= 11 is 1.39. The molecule has 2 amide bonds. The van der Waals surface area contributed by atoms with Gasteiger partial charge in [0.1, 0.15) is 0 Å². The van der Waals surface area contributed by atoms with Crippen LogP contribution in [0.3, 0.4) is 0 Å². The highest BCUT2D eigenvalue weighted by Crippen LogP contribution is 2.26. The van der Waals surface area contributed by atoms with Crippen LogP contribution in [-0.2, 0) is 4.79 Å². The van der Waals surface area contributed by atoms with Crippen LogP contribution in [0.1, 0.15) is 47.8 Å². The molecule has 0 saturated heterocycles. The van der Waals surface area contributed by atoms with Crippen molar-refractivity contribution in [1.29, 1.82) is 0 Å². The fourth-order valence-electron chi connectivity index (χ4n) is 2.26. The lowest BCUT2D eigenvalue weighted by molar-refractivity contribution is -0.116. The van der Waals surface area contributed by atoms with E-state index in [1.807, 2.05) is 35.7 Å². The second-order valence-corrected chi connectivity index (χ2v) is 6.38. The summed E-state index contributed by atoms with van der Waals surface area (Å²) in [6.45, 7) is 4.60. The predicted octanol–water partition coefficient (Wildman–Crippen LogP) is 4.02. The smallest absolute Gasteiger partial charge is 0.261 e. The van der Waals surface area contributed by atoms with Crippen LogP contribution in [0.2, 0.25) is 0 Å². The molecule has 122 valence electrons. The summed E-state index contributed by atoms with van der Waals surface area (Å²) in [5.74, 6) is 0.171. The van der Waals surface area contributed by atoms with E-state index in [9.17, 15) is 9.59 Å². The number of amides is 2. The molecule has 1 heterocycles. The first-order valence-corrected chi connectivity index (χ1v) is 8.70. The van der Waals surface area contributed by atoms with Crippen LogP contribution in [0.5, 0.6) is 0 Å². The zero-order valence-electron chi connectivity index (χ0n) is 13.5. The molecule has 0 aliphatic heterocycles. The Bertz CT molecular complexity index is 653. The van der Waals surface area contributed by atoms with Gasteiger partial charge in [-0.1, -0.05) is 38.1 Å². The van der Waals surface area contributed by atoms with Crippen LogP contribution in [0.4, 0.5) is 5.69 Å². The Kier molecular flexibility index (Phi) is 6.35. The van der Waals surface area contributed by atoms with Crippen LogP contribution in [-0.4, -0.2) is 18.4 Å². The highest BCUT2D eigenvalue weighted by atomic mass is 32.1. The molecular weight excluding hydrogens is 308 g/mol. The molecular formula is C18H22N2O2S. The largest absolute Gasteiger partial charge is 0.351 e. The Hall–Kier alpha value is -2.14. The Balaban J connectivity index is 1.84. The number of rotatable bonds is 7. The molecule has 23 heavy (non-hydrogen) atoms. The highest BCUT2D eigenvalue weighted by molar-refractivity contribution is 7.12. The number of carbonyl (C=O) groups excluding carboxylic acids is 2. The van der Waals surface area contributed by atoms with Crippen molar-refractivity contribution in [1.82, 2.24) is 5.32 Å². The van der Waals surface area contributed by atoms with E-state index in [0.29, 0.717) is 17.3 Å². The maximum absolute atomic E-state index is 12.1. The van der Waals surface area contributed by atoms with E-state index in [0.717, 1.165) is 17.7 Å². The highest BCUT2D eigenvalue weighted by Gasteiger charge is 2.11. The Labute approximate surface area is 140 Å². The molecule has 5 heteroatoms. The summed E-state index contributed by atoms with van der Waals surface area (Å²) < 4.78 is 0. The van der Waals surface area contributed by atoms with Crippen LogP contribution in [0.25, 0.3) is 0 Å². The molecule has 0 radical (unpaired) electrons. The zero-order valence-corrected chi connectivity index (χ0v) is 14.3. The molecule has 0 aliphatic carbocycles. The molecule has 0 unspecified atom stereocenters. The van der Waals surface area contributed by atoms with Gasteiger partial charge in [0.2, 0.25) is 5.91 Å². The molecule has 0 bridgehead atoms. The van der Waals surface area contributed by atoms with E-state index in [4.69, 9.17) is 0 Å². The number of para-hydroxylation sites is 1. The average molecular weight is 330 g/mol. The summed E-state index contributed by atoms with van der Waals surface area (Å²) in [7, 11) is 0. The molecule has 1 atom stereocenters. The maximum Gasteiger partial charge on any atom is 0.261 e. The van der Waals surface area contributed by atoms with Gasteiger partial charge in [-0.05, 0) is 35.4 Å². The van der Waals surface area contributed by atoms with E-state index < -0.39 is 0 Å². The van der Waals surface area contributed by atoms with E-state index in [-0.39, 0.29) is 18.2 Å². The fourth-order valence-corrected chi connectivity index (χ4v) is 2.90. The number of thiophene rings is 1. The summed E-state index contributed by atoms with van der Waals surface area (Å²) in [6.07, 6.45) is 1.27. The lowest BCUT2D eigenvalue weighted by atomic mass is 9.97. The van der Waals surface area contributed by atoms with Gasteiger partial charge in [0, 0.05) is 18.7 Å². The van der Waals surface area contributed by atoms with Crippen molar-refractivity contribution < 1.29 is 9.59 Å².